The van der Waals surface area contributed by atoms with Crippen molar-refractivity contribution in [2.75, 3.05) is 32.1 Å². The fraction of sp³-hybridized carbons (Fsp3) is 0.385. The molecule has 0 spiro atoms. The lowest BCUT2D eigenvalue weighted by atomic mass is 10.00. The Morgan fingerprint density at radius 2 is 2.00 bits per heavy atom. The first-order valence-corrected chi connectivity index (χ1v) is 12.1. The molecule has 1 fully saturated rings. The number of fused-ring (bicyclic) bond motifs is 1. The molecule has 4 rings (SSSR count). The van der Waals surface area contributed by atoms with E-state index in [-0.39, 0.29) is 17.9 Å². The molecule has 1 N–H and O–H groups in total. The average Bonchev–Trinajstić information content (AvgIpc) is 3.42. The van der Waals surface area contributed by atoms with Crippen LogP contribution >= 0.6 is 11.3 Å². The van der Waals surface area contributed by atoms with Crippen molar-refractivity contribution in [3.05, 3.63) is 64.5 Å². The van der Waals surface area contributed by atoms with Gasteiger partial charge in [-0.2, -0.15) is 0 Å². The largest absolute Gasteiger partial charge is 0.374 e. The maximum absolute atomic E-state index is 13.1. The predicted octanol–water partition coefficient (Wildman–Crippen LogP) is 4.63. The Balaban J connectivity index is 1.47. The van der Waals surface area contributed by atoms with E-state index >= 15 is 0 Å². The predicted molar refractivity (Wildman–Crippen MR) is 133 cm³/mol. The minimum Gasteiger partial charge on any atom is -0.374 e. The second-order valence-electron chi connectivity index (χ2n) is 8.58. The molecule has 0 bridgehead atoms. The molecule has 2 aromatic carbocycles. The highest BCUT2D eigenvalue weighted by molar-refractivity contribution is 7.21. The zero-order valence-corrected chi connectivity index (χ0v) is 19.9. The van der Waals surface area contributed by atoms with Crippen molar-refractivity contribution < 1.29 is 9.59 Å². The molecular weight excluding hydrogens is 418 g/mol. The van der Waals surface area contributed by atoms with Gasteiger partial charge in [-0.25, -0.2) is 0 Å². The van der Waals surface area contributed by atoms with Gasteiger partial charge in [0.1, 0.15) is 0 Å². The Morgan fingerprint density at radius 3 is 2.78 bits per heavy atom. The lowest BCUT2D eigenvalue weighted by Gasteiger charge is -2.27. The van der Waals surface area contributed by atoms with Gasteiger partial charge in [-0.3, -0.25) is 9.59 Å². The van der Waals surface area contributed by atoms with Gasteiger partial charge in [-0.05, 0) is 60.9 Å². The lowest BCUT2D eigenvalue weighted by Crippen LogP contribution is -2.38. The number of likely N-dealkylation sites (tertiary alicyclic amines) is 1. The van der Waals surface area contributed by atoms with E-state index in [1.807, 2.05) is 24.1 Å². The van der Waals surface area contributed by atoms with Gasteiger partial charge in [0.25, 0.3) is 5.91 Å². The Hall–Kier alpha value is -2.86. The number of anilines is 1. The Labute approximate surface area is 194 Å². The van der Waals surface area contributed by atoms with Crippen LogP contribution in [0.5, 0.6) is 0 Å². The molecule has 1 unspecified atom stereocenters. The molecule has 1 atom stereocenters. The molecule has 32 heavy (non-hydrogen) atoms. The van der Waals surface area contributed by atoms with Crippen molar-refractivity contribution in [2.24, 2.45) is 0 Å². The van der Waals surface area contributed by atoms with Crippen LogP contribution in [0.4, 0.5) is 5.69 Å². The summed E-state index contributed by atoms with van der Waals surface area (Å²) in [4.78, 5) is 30.7. The van der Waals surface area contributed by atoms with Crippen LogP contribution in [0.2, 0.25) is 0 Å². The molecule has 0 saturated carbocycles. The number of rotatable bonds is 7. The third kappa shape index (κ3) is 4.65. The van der Waals surface area contributed by atoms with E-state index in [2.05, 4.69) is 53.5 Å². The number of nitrogens with zero attached hydrogens (tertiary/aromatic N) is 2. The van der Waals surface area contributed by atoms with Gasteiger partial charge >= 0.3 is 0 Å². The number of amides is 2. The third-order valence-electron chi connectivity index (χ3n) is 6.37. The van der Waals surface area contributed by atoms with Gasteiger partial charge in [-0.15, -0.1) is 11.3 Å². The van der Waals surface area contributed by atoms with Crippen LogP contribution in [0.25, 0.3) is 10.1 Å². The summed E-state index contributed by atoms with van der Waals surface area (Å²) in [5.74, 6) is 0.157. The summed E-state index contributed by atoms with van der Waals surface area (Å²) in [6, 6.07) is 16.7. The molecule has 0 aliphatic carbocycles. The molecule has 1 aliphatic heterocycles. The van der Waals surface area contributed by atoms with Gasteiger partial charge < -0.3 is 15.1 Å². The Bertz CT molecular complexity index is 1120. The van der Waals surface area contributed by atoms with Crippen LogP contribution in [0.3, 0.4) is 0 Å². The number of carbonyl (C=O) groups is 2. The van der Waals surface area contributed by atoms with Gasteiger partial charge in [0, 0.05) is 50.0 Å². The minimum absolute atomic E-state index is 0.0446. The molecule has 5 nitrogen and oxygen atoms in total. The number of hydrogen-bond acceptors (Lipinski definition) is 4. The number of benzene rings is 2. The Kier molecular flexibility index (Phi) is 6.80. The van der Waals surface area contributed by atoms with Crippen LogP contribution in [-0.2, 0) is 11.2 Å². The molecule has 1 saturated heterocycles. The fourth-order valence-electron chi connectivity index (χ4n) is 4.61. The van der Waals surface area contributed by atoms with E-state index < -0.39 is 0 Å². The second-order valence-corrected chi connectivity index (χ2v) is 9.64. The summed E-state index contributed by atoms with van der Waals surface area (Å²) in [6.07, 6.45) is 3.22. The molecular formula is C26H31N3O2S. The fourth-order valence-corrected chi connectivity index (χ4v) is 5.79. The van der Waals surface area contributed by atoms with E-state index in [4.69, 9.17) is 0 Å². The first-order valence-electron chi connectivity index (χ1n) is 11.3. The molecule has 2 amide bonds. The summed E-state index contributed by atoms with van der Waals surface area (Å²) in [5.41, 5.74) is 3.43. The minimum atomic E-state index is -0.0446. The van der Waals surface area contributed by atoms with Crippen molar-refractivity contribution >= 4 is 38.9 Å². The van der Waals surface area contributed by atoms with Gasteiger partial charge in [0.05, 0.1) is 4.88 Å². The van der Waals surface area contributed by atoms with E-state index in [1.165, 1.54) is 5.56 Å². The van der Waals surface area contributed by atoms with Crippen LogP contribution in [0.15, 0.2) is 48.5 Å². The SMILES string of the molecule is CNC(=O)c1sc2ccccc2c1CC1CCCN1C(=O)CCN(C)c1cccc(C)c1. The molecule has 6 heteroatoms. The maximum Gasteiger partial charge on any atom is 0.261 e. The van der Waals surface area contributed by atoms with Crippen molar-refractivity contribution in [2.45, 2.75) is 38.6 Å². The summed E-state index contributed by atoms with van der Waals surface area (Å²) in [5, 5.41) is 3.91. The molecule has 1 aliphatic rings. The first kappa shape index (κ1) is 22.3. The van der Waals surface area contributed by atoms with E-state index in [0.717, 1.165) is 52.0 Å². The van der Waals surface area contributed by atoms with Crippen molar-refractivity contribution in [3.63, 3.8) is 0 Å². The molecule has 0 radical (unpaired) electrons. The first-order chi connectivity index (χ1) is 15.5. The summed E-state index contributed by atoms with van der Waals surface area (Å²) in [7, 11) is 3.71. The second kappa shape index (κ2) is 9.74. The van der Waals surface area contributed by atoms with Crippen molar-refractivity contribution in [3.8, 4) is 0 Å². The quantitative estimate of drug-likeness (QED) is 0.572. The summed E-state index contributed by atoms with van der Waals surface area (Å²) in [6.45, 7) is 3.57. The standard InChI is InChI=1S/C26H31N3O2S/c1-18-8-6-9-19(16-18)28(3)15-13-24(30)29-14-7-10-20(29)17-22-21-11-4-5-12-23(21)32-25(22)26(31)27-2/h4-6,8-9,11-12,16,20H,7,10,13-15,17H2,1-3H3,(H,27,31). The van der Waals surface area contributed by atoms with E-state index in [9.17, 15) is 9.59 Å². The van der Waals surface area contributed by atoms with Gasteiger partial charge in [-0.1, -0.05) is 30.3 Å². The smallest absolute Gasteiger partial charge is 0.261 e. The molecule has 2 heterocycles. The molecule has 1 aromatic heterocycles. The highest BCUT2D eigenvalue weighted by atomic mass is 32.1. The average molecular weight is 450 g/mol. The van der Waals surface area contributed by atoms with Crippen molar-refractivity contribution in [1.82, 2.24) is 10.2 Å². The van der Waals surface area contributed by atoms with Gasteiger partial charge in [0.2, 0.25) is 5.91 Å². The Morgan fingerprint density at radius 1 is 1.19 bits per heavy atom. The number of thiophene rings is 1. The molecule has 168 valence electrons. The number of aryl methyl sites for hydroxylation is 1. The highest BCUT2D eigenvalue weighted by Crippen LogP contribution is 2.34. The third-order valence-corrected chi connectivity index (χ3v) is 7.58. The zero-order chi connectivity index (χ0) is 22.7. The highest BCUT2D eigenvalue weighted by Gasteiger charge is 2.31. The number of carbonyl (C=O) groups excluding carboxylic acids is 2. The van der Waals surface area contributed by atoms with E-state index in [0.29, 0.717) is 13.0 Å². The van der Waals surface area contributed by atoms with Crippen LogP contribution in [0, 0.1) is 6.92 Å². The van der Waals surface area contributed by atoms with Crippen LogP contribution in [0.1, 0.15) is 40.1 Å². The topological polar surface area (TPSA) is 52.7 Å². The number of nitrogens with one attached hydrogen (secondary N) is 1. The monoisotopic (exact) mass is 449 g/mol. The van der Waals surface area contributed by atoms with Gasteiger partial charge in [0.15, 0.2) is 0 Å². The maximum atomic E-state index is 13.1. The lowest BCUT2D eigenvalue weighted by molar-refractivity contribution is -0.131. The van der Waals surface area contributed by atoms with Crippen LogP contribution < -0.4 is 10.2 Å². The molecule has 3 aromatic rings. The zero-order valence-electron chi connectivity index (χ0n) is 19.1. The normalized spacial score (nSPS) is 15.8. The van der Waals surface area contributed by atoms with Crippen molar-refractivity contribution in [1.29, 1.82) is 0 Å². The summed E-state index contributed by atoms with van der Waals surface area (Å²) >= 11 is 1.54. The van der Waals surface area contributed by atoms with Crippen LogP contribution in [-0.4, -0.2) is 49.9 Å². The van der Waals surface area contributed by atoms with E-state index in [1.54, 1.807) is 18.4 Å². The summed E-state index contributed by atoms with van der Waals surface area (Å²) < 4.78 is 1.12. The number of hydrogen-bond donors (Lipinski definition) is 1.